The van der Waals surface area contributed by atoms with Crippen LogP contribution in [0.5, 0.6) is 5.75 Å². The minimum absolute atomic E-state index is 0.103. The fourth-order valence-corrected chi connectivity index (χ4v) is 6.01. The van der Waals surface area contributed by atoms with Crippen molar-refractivity contribution in [3.63, 3.8) is 0 Å². The summed E-state index contributed by atoms with van der Waals surface area (Å²) >= 11 is 0. The van der Waals surface area contributed by atoms with E-state index in [1.54, 1.807) is 24.3 Å². The van der Waals surface area contributed by atoms with Crippen molar-refractivity contribution in [1.82, 2.24) is 0 Å². The number of rotatable bonds is 7. The van der Waals surface area contributed by atoms with Gasteiger partial charge in [-0.1, -0.05) is 40.2 Å². The maximum atomic E-state index is 13.2. The Bertz CT molecular complexity index is 1080. The number of fused-ring (bicyclic) bond motifs is 1. The molecule has 3 atom stereocenters. The van der Waals surface area contributed by atoms with Crippen LogP contribution in [0.2, 0.25) is 0 Å². The molecule has 3 unspecified atom stereocenters. The average molecular weight is 475 g/mol. The molecule has 0 amide bonds. The number of para-hydroxylation sites is 1. The van der Waals surface area contributed by atoms with Crippen LogP contribution in [0.1, 0.15) is 30.4 Å². The first-order valence-electron chi connectivity index (χ1n) is 11.5. The summed E-state index contributed by atoms with van der Waals surface area (Å²) in [5.74, 6) is 0.461. The summed E-state index contributed by atoms with van der Waals surface area (Å²) in [6.07, 6.45) is 2.96. The molecule has 7 nitrogen and oxygen atoms in total. The summed E-state index contributed by atoms with van der Waals surface area (Å²) < 4.78 is 43.1. The lowest BCUT2D eigenvalue weighted by Gasteiger charge is -2.40. The number of likely N-dealkylation sites (tertiary alicyclic amines) is 1. The number of hydrogen-bond donors (Lipinski definition) is 0. The van der Waals surface area contributed by atoms with E-state index < -0.39 is 10.1 Å². The number of nitrogens with zero attached hydrogens (tertiary/aromatic N) is 1. The first-order valence-corrected chi connectivity index (χ1v) is 12.9. The highest BCUT2D eigenvalue weighted by Crippen LogP contribution is 2.33. The van der Waals surface area contributed by atoms with Crippen LogP contribution in [0, 0.1) is 18.8 Å². The molecule has 0 bridgehead atoms. The Labute approximate surface area is 195 Å². The van der Waals surface area contributed by atoms with Crippen molar-refractivity contribution in [1.29, 1.82) is 0 Å². The Morgan fingerprint density at radius 2 is 1.91 bits per heavy atom. The summed E-state index contributed by atoms with van der Waals surface area (Å²) in [6.45, 7) is 3.78. The van der Waals surface area contributed by atoms with Crippen LogP contribution in [-0.2, 0) is 30.4 Å². The number of esters is 1. The highest BCUT2D eigenvalue weighted by Gasteiger charge is 2.45. The molecule has 2 heterocycles. The van der Waals surface area contributed by atoms with Gasteiger partial charge in [-0.2, -0.15) is 13.1 Å². The molecule has 0 aliphatic carbocycles. The van der Waals surface area contributed by atoms with E-state index in [-0.39, 0.29) is 33.9 Å². The zero-order chi connectivity index (χ0) is 23.5. The second kappa shape index (κ2) is 9.83. The quantitative estimate of drug-likeness (QED) is 0.450. The normalized spacial score (nSPS) is 25.0. The zero-order valence-corrected chi connectivity index (χ0v) is 20.1. The summed E-state index contributed by atoms with van der Waals surface area (Å²) in [7, 11) is -2.64. The lowest BCUT2D eigenvalue weighted by Crippen LogP contribution is -2.57. The van der Waals surface area contributed by atoms with Crippen LogP contribution in [0.15, 0.2) is 53.4 Å². The number of aryl methyl sites for hydroxylation is 1. The molecule has 0 saturated carbocycles. The van der Waals surface area contributed by atoms with Gasteiger partial charge < -0.3 is 9.47 Å². The van der Waals surface area contributed by atoms with Crippen molar-refractivity contribution in [3.05, 3.63) is 59.7 Å². The summed E-state index contributed by atoms with van der Waals surface area (Å²) in [5.41, 5.74) is 2.14. The number of hydrogen-bond acceptors (Lipinski definition) is 6. The Morgan fingerprint density at radius 1 is 1.15 bits per heavy atom. The highest BCUT2D eigenvalue weighted by molar-refractivity contribution is 7.86. The van der Waals surface area contributed by atoms with Crippen LogP contribution in [0.4, 0.5) is 0 Å². The second-order valence-electron chi connectivity index (χ2n) is 9.17. The zero-order valence-electron chi connectivity index (χ0n) is 19.2. The van der Waals surface area contributed by atoms with Crippen molar-refractivity contribution in [2.75, 3.05) is 33.4 Å². The maximum absolute atomic E-state index is 13.2. The van der Waals surface area contributed by atoms with Gasteiger partial charge in [-0.15, -0.1) is 0 Å². The standard InChI is InChI=1S/C25H32NO6S/c1-19-9-11-23(12-10-19)33(28,29)32-26(14-5-7-22(17-26)25(27)30-2)15-13-20-16-21-6-3-4-8-24(21)31-18-20/h3-4,6,8-12,20,22H,5,7,13-18H2,1-2H3/q+1. The number of piperidine rings is 1. The third-order valence-electron chi connectivity index (χ3n) is 6.67. The topological polar surface area (TPSA) is 78.9 Å². The van der Waals surface area contributed by atoms with Gasteiger partial charge in [0.25, 0.3) is 0 Å². The molecule has 1 fully saturated rings. The molecule has 2 aromatic rings. The molecule has 33 heavy (non-hydrogen) atoms. The average Bonchev–Trinajstić information content (AvgIpc) is 2.82. The van der Waals surface area contributed by atoms with Gasteiger partial charge in [0.2, 0.25) is 0 Å². The number of carbonyl (C=O) groups is 1. The third kappa shape index (κ3) is 5.57. The molecule has 178 valence electrons. The summed E-state index contributed by atoms with van der Waals surface area (Å²) in [4.78, 5) is 12.4. The highest BCUT2D eigenvalue weighted by atomic mass is 32.2. The molecule has 0 N–H and O–H groups in total. The molecular formula is C25H32NO6S+. The van der Waals surface area contributed by atoms with Gasteiger partial charge in [0, 0.05) is 18.8 Å². The Morgan fingerprint density at radius 3 is 2.67 bits per heavy atom. The molecule has 4 rings (SSSR count). The van der Waals surface area contributed by atoms with Crippen molar-refractivity contribution in [2.24, 2.45) is 11.8 Å². The van der Waals surface area contributed by atoms with Gasteiger partial charge in [0.1, 0.15) is 31.3 Å². The lowest BCUT2D eigenvalue weighted by atomic mass is 9.92. The van der Waals surface area contributed by atoms with Crippen LogP contribution in [0.3, 0.4) is 0 Å². The van der Waals surface area contributed by atoms with Gasteiger partial charge in [-0.05, 0) is 43.5 Å². The van der Waals surface area contributed by atoms with Crippen LogP contribution < -0.4 is 4.74 Å². The van der Waals surface area contributed by atoms with Crippen LogP contribution >= 0.6 is 0 Å². The lowest BCUT2D eigenvalue weighted by molar-refractivity contribution is -1.08. The summed E-state index contributed by atoms with van der Waals surface area (Å²) in [5, 5.41) is 0. The fourth-order valence-electron chi connectivity index (χ4n) is 4.83. The molecule has 2 aromatic carbocycles. The summed E-state index contributed by atoms with van der Waals surface area (Å²) in [6, 6.07) is 14.6. The Hall–Kier alpha value is -2.42. The third-order valence-corrected chi connectivity index (χ3v) is 8.03. The molecule has 2 aliphatic heterocycles. The van der Waals surface area contributed by atoms with Gasteiger partial charge in [-0.25, -0.2) is 0 Å². The second-order valence-corrected chi connectivity index (χ2v) is 10.7. The predicted octanol–water partition coefficient (Wildman–Crippen LogP) is 3.66. The Balaban J connectivity index is 1.54. The monoisotopic (exact) mass is 474 g/mol. The predicted molar refractivity (Wildman–Crippen MR) is 123 cm³/mol. The number of carbonyl (C=O) groups excluding carboxylic acids is 1. The first kappa shape index (κ1) is 23.7. The maximum Gasteiger partial charge on any atom is 0.342 e. The fraction of sp³-hybridized carbons (Fsp3) is 0.480. The number of ether oxygens (including phenoxy) is 2. The van der Waals surface area contributed by atoms with E-state index >= 15 is 0 Å². The van der Waals surface area contributed by atoms with Gasteiger partial charge in [0.15, 0.2) is 0 Å². The van der Waals surface area contributed by atoms with Crippen molar-refractivity contribution in [3.8, 4) is 5.75 Å². The molecule has 0 radical (unpaired) electrons. The van der Waals surface area contributed by atoms with E-state index in [1.807, 2.05) is 25.1 Å². The van der Waals surface area contributed by atoms with E-state index in [4.69, 9.17) is 13.8 Å². The van der Waals surface area contributed by atoms with Crippen molar-refractivity contribution < 1.29 is 31.6 Å². The SMILES string of the molecule is COC(=O)C1CCC[N+](CCC2COc3ccccc3C2)(OS(=O)(=O)c2ccc(C)cc2)C1. The molecule has 0 aromatic heterocycles. The van der Waals surface area contributed by atoms with E-state index in [1.165, 1.54) is 12.7 Å². The molecule has 0 spiro atoms. The van der Waals surface area contributed by atoms with E-state index in [9.17, 15) is 13.2 Å². The van der Waals surface area contributed by atoms with Crippen LogP contribution in [-0.4, -0.2) is 52.4 Å². The Kier molecular flexibility index (Phi) is 7.07. The molecule has 1 saturated heterocycles. The minimum Gasteiger partial charge on any atom is -0.493 e. The minimum atomic E-state index is -4.00. The van der Waals surface area contributed by atoms with Gasteiger partial charge >= 0.3 is 16.1 Å². The van der Waals surface area contributed by atoms with Gasteiger partial charge in [0.05, 0.1) is 18.6 Å². The largest absolute Gasteiger partial charge is 0.493 e. The first-order chi connectivity index (χ1) is 15.8. The molecule has 2 aliphatic rings. The van der Waals surface area contributed by atoms with Crippen molar-refractivity contribution in [2.45, 2.75) is 37.5 Å². The van der Waals surface area contributed by atoms with E-state index in [0.29, 0.717) is 32.5 Å². The molecular weight excluding hydrogens is 442 g/mol. The van der Waals surface area contributed by atoms with Gasteiger partial charge in [-0.3, -0.25) is 4.79 Å². The number of methoxy groups -OCH3 is 1. The number of quaternary nitrogens is 1. The van der Waals surface area contributed by atoms with E-state index in [0.717, 1.165) is 24.2 Å². The molecule has 8 heteroatoms. The number of hydroxylamine groups is 3. The number of benzene rings is 2. The van der Waals surface area contributed by atoms with E-state index in [2.05, 4.69) is 6.07 Å². The smallest absolute Gasteiger partial charge is 0.342 e. The van der Waals surface area contributed by atoms with Crippen molar-refractivity contribution >= 4 is 16.1 Å². The van der Waals surface area contributed by atoms with Crippen LogP contribution in [0.25, 0.3) is 0 Å².